The molecule has 9 nitrogen and oxygen atoms in total. The molecule has 2 aliphatic rings. The van der Waals surface area contributed by atoms with Crippen molar-refractivity contribution >= 4 is 27.5 Å². The fourth-order valence-electron chi connectivity index (χ4n) is 3.69. The van der Waals surface area contributed by atoms with Gasteiger partial charge in [-0.05, 0) is 43.8 Å². The molecular weight excluding hydrogens is 432 g/mol. The highest BCUT2D eigenvalue weighted by Crippen LogP contribution is 2.27. The van der Waals surface area contributed by atoms with E-state index in [1.165, 1.54) is 12.3 Å². The summed E-state index contributed by atoms with van der Waals surface area (Å²) in [5.41, 5.74) is -0.0524. The topological polar surface area (TPSA) is 133 Å². The molecule has 0 aliphatic heterocycles. The Hall–Kier alpha value is -2.60. The first kappa shape index (κ1) is 23.1. The zero-order valence-corrected chi connectivity index (χ0v) is 17.7. The van der Waals surface area contributed by atoms with Crippen LogP contribution < -0.4 is 15.4 Å². The van der Waals surface area contributed by atoms with Crippen LogP contribution in [0.15, 0.2) is 30.3 Å². The lowest BCUT2D eigenvalue weighted by Gasteiger charge is -2.29. The Bertz CT molecular complexity index is 983. The minimum Gasteiger partial charge on any atom is -0.348 e. The van der Waals surface area contributed by atoms with Crippen molar-refractivity contribution in [3.8, 4) is 0 Å². The molecule has 2 aliphatic carbocycles. The molecule has 2 unspecified atom stereocenters. The van der Waals surface area contributed by atoms with Crippen LogP contribution in [0.3, 0.4) is 0 Å². The Kier molecular flexibility index (Phi) is 7.21. The summed E-state index contributed by atoms with van der Waals surface area (Å²) in [7, 11) is -3.24. The maximum atomic E-state index is 13.9. The number of amides is 2. The third kappa shape index (κ3) is 6.20. The molecule has 1 aromatic rings. The van der Waals surface area contributed by atoms with Gasteiger partial charge in [-0.15, -0.1) is 0 Å². The van der Waals surface area contributed by atoms with Crippen LogP contribution in [0.1, 0.15) is 36.2 Å². The second-order valence-electron chi connectivity index (χ2n) is 7.81. The lowest BCUT2D eigenvalue weighted by Crippen LogP contribution is -2.40. The summed E-state index contributed by atoms with van der Waals surface area (Å²) in [6.45, 7) is 0.367. The molecule has 0 radical (unpaired) electrons. The Labute approximate surface area is 178 Å². The van der Waals surface area contributed by atoms with Crippen LogP contribution in [0.5, 0.6) is 0 Å². The molecule has 2 atom stereocenters. The number of aromatic amines is 1. The lowest BCUT2D eigenvalue weighted by molar-refractivity contribution is -0.120. The SMILES string of the molecule is CS(=O)(=O)NC[C@H]1CC[C@H](NC(=O)c2n[nH]cc2NC(=O)C2C(F)=CC=CC2F)CC1. The Balaban J connectivity index is 1.54. The number of carbonyl (C=O) groups excluding carboxylic acids is 2. The van der Waals surface area contributed by atoms with Crippen LogP contribution >= 0.6 is 0 Å². The number of alkyl halides is 1. The molecule has 31 heavy (non-hydrogen) atoms. The Morgan fingerprint density at radius 1 is 1.26 bits per heavy atom. The molecule has 1 fully saturated rings. The molecule has 0 bridgehead atoms. The predicted octanol–water partition coefficient (Wildman–Crippen LogP) is 1.56. The summed E-state index contributed by atoms with van der Waals surface area (Å²) in [5.74, 6) is -3.76. The van der Waals surface area contributed by atoms with Gasteiger partial charge in [-0.3, -0.25) is 14.7 Å². The molecule has 3 rings (SSSR count). The van der Waals surface area contributed by atoms with Crippen molar-refractivity contribution in [2.75, 3.05) is 18.1 Å². The van der Waals surface area contributed by atoms with Gasteiger partial charge >= 0.3 is 0 Å². The summed E-state index contributed by atoms with van der Waals surface area (Å²) >= 11 is 0. The molecule has 1 heterocycles. The average Bonchev–Trinajstić information content (AvgIpc) is 3.15. The molecule has 0 aromatic carbocycles. The number of hydrogen-bond acceptors (Lipinski definition) is 5. The monoisotopic (exact) mass is 457 g/mol. The zero-order chi connectivity index (χ0) is 22.6. The minimum absolute atomic E-state index is 0.0306. The number of carbonyl (C=O) groups is 2. The standard InChI is InChI=1S/C19H25F2N5O4S/c1-31(29,30)23-9-11-5-7-12(8-6-11)24-19(28)17-15(10-22-26-17)25-18(27)16-13(20)3-2-4-14(16)21/h2-4,10-13,16,23H,5-9H2,1H3,(H,22,26)(H,24,28)(H,25,27)/t11-,12-,13?,16?. The maximum Gasteiger partial charge on any atom is 0.274 e. The molecule has 0 spiro atoms. The number of hydrogen-bond donors (Lipinski definition) is 4. The first-order chi connectivity index (χ1) is 14.6. The smallest absolute Gasteiger partial charge is 0.274 e. The third-order valence-electron chi connectivity index (χ3n) is 5.38. The summed E-state index contributed by atoms with van der Waals surface area (Å²) in [6.07, 6.45) is 6.71. The quantitative estimate of drug-likeness (QED) is 0.493. The van der Waals surface area contributed by atoms with Gasteiger partial charge in [0, 0.05) is 18.8 Å². The van der Waals surface area contributed by atoms with Crippen molar-refractivity contribution < 1.29 is 26.8 Å². The first-order valence-electron chi connectivity index (χ1n) is 9.92. The van der Waals surface area contributed by atoms with Gasteiger partial charge in [0.25, 0.3) is 5.91 Å². The highest BCUT2D eigenvalue weighted by molar-refractivity contribution is 7.88. The number of anilines is 1. The van der Waals surface area contributed by atoms with E-state index in [0.29, 0.717) is 19.4 Å². The molecule has 2 amide bonds. The fraction of sp³-hybridized carbons (Fsp3) is 0.526. The van der Waals surface area contributed by atoms with E-state index in [1.807, 2.05) is 0 Å². The number of sulfonamides is 1. The van der Waals surface area contributed by atoms with Gasteiger partial charge in [0.2, 0.25) is 15.9 Å². The average molecular weight is 458 g/mol. The molecule has 0 saturated heterocycles. The van der Waals surface area contributed by atoms with Crippen LogP contribution in [0, 0.1) is 11.8 Å². The number of H-pyrrole nitrogens is 1. The lowest BCUT2D eigenvalue weighted by atomic mass is 9.86. The van der Waals surface area contributed by atoms with Crippen LogP contribution in [-0.4, -0.2) is 55.4 Å². The second kappa shape index (κ2) is 9.69. The van der Waals surface area contributed by atoms with Gasteiger partial charge in [0.05, 0.1) is 11.9 Å². The van der Waals surface area contributed by atoms with E-state index >= 15 is 0 Å². The summed E-state index contributed by atoms with van der Waals surface area (Å²) in [6, 6.07) is -0.124. The van der Waals surface area contributed by atoms with E-state index < -0.39 is 39.8 Å². The van der Waals surface area contributed by atoms with Crippen molar-refractivity contribution in [2.24, 2.45) is 11.8 Å². The molecular formula is C19H25F2N5O4S. The highest BCUT2D eigenvalue weighted by atomic mass is 32.2. The Morgan fingerprint density at radius 3 is 2.61 bits per heavy atom. The number of halogens is 2. The van der Waals surface area contributed by atoms with Gasteiger partial charge < -0.3 is 10.6 Å². The van der Waals surface area contributed by atoms with Crippen molar-refractivity contribution in [2.45, 2.75) is 37.9 Å². The van der Waals surface area contributed by atoms with Gasteiger partial charge in [-0.25, -0.2) is 21.9 Å². The number of aromatic nitrogens is 2. The van der Waals surface area contributed by atoms with E-state index in [4.69, 9.17) is 0 Å². The van der Waals surface area contributed by atoms with Gasteiger partial charge in [-0.1, -0.05) is 6.08 Å². The normalized spacial score (nSPS) is 26.2. The summed E-state index contributed by atoms with van der Waals surface area (Å²) < 4.78 is 52.7. The van der Waals surface area contributed by atoms with Crippen molar-refractivity contribution in [1.29, 1.82) is 0 Å². The van der Waals surface area contributed by atoms with Gasteiger partial charge in [0.15, 0.2) is 5.69 Å². The largest absolute Gasteiger partial charge is 0.348 e. The second-order valence-corrected chi connectivity index (χ2v) is 9.64. The van der Waals surface area contributed by atoms with E-state index in [0.717, 1.165) is 31.2 Å². The molecule has 1 aromatic heterocycles. The number of nitrogens with zero attached hydrogens (tertiary/aromatic N) is 1. The third-order valence-corrected chi connectivity index (χ3v) is 6.07. The van der Waals surface area contributed by atoms with Crippen LogP contribution in [0.2, 0.25) is 0 Å². The highest BCUT2D eigenvalue weighted by Gasteiger charge is 2.34. The maximum absolute atomic E-state index is 13.9. The van der Waals surface area contributed by atoms with Crippen molar-refractivity contribution in [3.05, 3.63) is 35.9 Å². The number of nitrogens with one attached hydrogen (secondary N) is 4. The minimum atomic E-state index is -3.24. The summed E-state index contributed by atoms with van der Waals surface area (Å²) in [4.78, 5) is 24.9. The van der Waals surface area contributed by atoms with Crippen LogP contribution in [0.25, 0.3) is 0 Å². The molecule has 4 N–H and O–H groups in total. The van der Waals surface area contributed by atoms with E-state index in [-0.39, 0.29) is 23.3 Å². The van der Waals surface area contributed by atoms with Gasteiger partial charge in [0.1, 0.15) is 17.9 Å². The predicted molar refractivity (Wildman–Crippen MR) is 110 cm³/mol. The van der Waals surface area contributed by atoms with Crippen molar-refractivity contribution in [1.82, 2.24) is 20.2 Å². The van der Waals surface area contributed by atoms with Crippen LogP contribution in [0.4, 0.5) is 14.5 Å². The first-order valence-corrected chi connectivity index (χ1v) is 11.8. The molecule has 170 valence electrons. The summed E-state index contributed by atoms with van der Waals surface area (Å²) in [5, 5.41) is 11.5. The van der Waals surface area contributed by atoms with Crippen LogP contribution in [-0.2, 0) is 14.8 Å². The van der Waals surface area contributed by atoms with E-state index in [2.05, 4.69) is 25.6 Å². The number of rotatable bonds is 7. The van der Waals surface area contributed by atoms with Gasteiger partial charge in [-0.2, -0.15) is 5.10 Å². The zero-order valence-electron chi connectivity index (χ0n) is 16.9. The van der Waals surface area contributed by atoms with Crippen molar-refractivity contribution in [3.63, 3.8) is 0 Å². The fourth-order valence-corrected chi connectivity index (χ4v) is 4.23. The van der Waals surface area contributed by atoms with E-state index in [1.54, 1.807) is 0 Å². The molecule has 1 saturated carbocycles. The number of allylic oxidation sites excluding steroid dienone is 3. The molecule has 12 heteroatoms. The Morgan fingerprint density at radius 2 is 1.97 bits per heavy atom. The van der Waals surface area contributed by atoms with E-state index in [9.17, 15) is 26.8 Å².